The monoisotopic (exact) mass is 218 g/mol. The molecule has 1 aromatic rings. The first kappa shape index (κ1) is 11.0. The molecule has 1 unspecified atom stereocenters. The minimum absolute atomic E-state index is 0.363. The first-order chi connectivity index (χ1) is 7.74. The molecule has 3 heteroatoms. The van der Waals surface area contributed by atoms with Crippen molar-refractivity contribution in [2.75, 3.05) is 18.7 Å². The summed E-state index contributed by atoms with van der Waals surface area (Å²) < 4.78 is 5.66. The number of rotatable bonds is 3. The van der Waals surface area contributed by atoms with Crippen LogP contribution < -0.4 is 5.01 Å². The predicted octanol–water partition coefficient (Wildman–Crippen LogP) is 2.62. The van der Waals surface area contributed by atoms with Gasteiger partial charge in [0.25, 0.3) is 0 Å². The third-order valence-corrected chi connectivity index (χ3v) is 2.79. The molecule has 0 aliphatic carbocycles. The van der Waals surface area contributed by atoms with Crippen molar-refractivity contribution in [1.29, 1.82) is 0 Å². The Kier molecular flexibility index (Phi) is 3.15. The van der Waals surface area contributed by atoms with E-state index in [9.17, 15) is 0 Å². The Morgan fingerprint density at radius 3 is 2.56 bits per heavy atom. The van der Waals surface area contributed by atoms with Crippen LogP contribution in [0.25, 0.3) is 0 Å². The molecule has 0 N–H and O–H groups in total. The van der Waals surface area contributed by atoms with Crippen LogP contribution in [0.5, 0.6) is 0 Å². The standard InChI is InChI=1S/C13H18N2O/c1-4-16-13-10-11(2)14(3)15(13)12-8-6-5-7-9-12/h5-11H,4H2,1-3H3. The van der Waals surface area contributed by atoms with Crippen molar-refractivity contribution in [3.63, 3.8) is 0 Å². The molecule has 0 fully saturated rings. The molecule has 1 aliphatic heterocycles. The molecule has 0 bridgehead atoms. The molecule has 0 saturated carbocycles. The lowest BCUT2D eigenvalue weighted by atomic mass is 10.3. The van der Waals surface area contributed by atoms with E-state index in [4.69, 9.17) is 4.74 Å². The van der Waals surface area contributed by atoms with Crippen LogP contribution >= 0.6 is 0 Å². The van der Waals surface area contributed by atoms with Gasteiger partial charge >= 0.3 is 0 Å². The number of nitrogens with zero attached hydrogens (tertiary/aromatic N) is 2. The summed E-state index contributed by atoms with van der Waals surface area (Å²) in [7, 11) is 2.07. The van der Waals surface area contributed by atoms with Crippen LogP contribution in [0.15, 0.2) is 42.3 Å². The Balaban J connectivity index is 2.28. The molecule has 1 aliphatic rings. The van der Waals surface area contributed by atoms with E-state index in [1.54, 1.807) is 0 Å². The number of anilines is 1. The van der Waals surface area contributed by atoms with Gasteiger partial charge in [0.05, 0.1) is 18.3 Å². The Morgan fingerprint density at radius 1 is 1.25 bits per heavy atom. The molecule has 16 heavy (non-hydrogen) atoms. The van der Waals surface area contributed by atoms with Gasteiger partial charge < -0.3 is 4.74 Å². The van der Waals surface area contributed by atoms with Gasteiger partial charge in [0.15, 0.2) is 0 Å². The minimum Gasteiger partial charge on any atom is -0.478 e. The van der Waals surface area contributed by atoms with Crippen LogP contribution in [0.3, 0.4) is 0 Å². The van der Waals surface area contributed by atoms with E-state index < -0.39 is 0 Å². The summed E-state index contributed by atoms with van der Waals surface area (Å²) in [5.41, 5.74) is 1.13. The van der Waals surface area contributed by atoms with Crippen molar-refractivity contribution in [2.45, 2.75) is 19.9 Å². The summed E-state index contributed by atoms with van der Waals surface area (Å²) in [6, 6.07) is 10.6. The number of likely N-dealkylation sites (N-methyl/N-ethyl adjacent to an activating group) is 1. The molecule has 0 spiro atoms. The Bertz CT molecular complexity index is 375. The summed E-state index contributed by atoms with van der Waals surface area (Å²) in [6.07, 6.45) is 2.14. The van der Waals surface area contributed by atoms with E-state index in [2.05, 4.69) is 42.2 Å². The molecular weight excluding hydrogens is 200 g/mol. The van der Waals surface area contributed by atoms with Crippen LogP contribution in [-0.2, 0) is 4.74 Å². The third kappa shape index (κ3) is 1.91. The van der Waals surface area contributed by atoms with E-state index in [-0.39, 0.29) is 0 Å². The van der Waals surface area contributed by atoms with Gasteiger partial charge in [-0.15, -0.1) is 0 Å². The highest BCUT2D eigenvalue weighted by Crippen LogP contribution is 2.28. The lowest BCUT2D eigenvalue weighted by Crippen LogP contribution is -2.38. The first-order valence-electron chi connectivity index (χ1n) is 5.66. The van der Waals surface area contributed by atoms with Crippen molar-refractivity contribution in [3.8, 4) is 0 Å². The summed E-state index contributed by atoms with van der Waals surface area (Å²) >= 11 is 0. The number of ether oxygens (including phenoxy) is 1. The van der Waals surface area contributed by atoms with Gasteiger partial charge in [-0.25, -0.2) is 10.0 Å². The van der Waals surface area contributed by atoms with Crippen molar-refractivity contribution < 1.29 is 4.74 Å². The van der Waals surface area contributed by atoms with Gasteiger partial charge in [0.2, 0.25) is 5.88 Å². The molecule has 1 atom stereocenters. The molecule has 2 rings (SSSR count). The molecular formula is C13H18N2O. The molecule has 3 nitrogen and oxygen atoms in total. The van der Waals surface area contributed by atoms with Crippen molar-refractivity contribution in [2.24, 2.45) is 0 Å². The quantitative estimate of drug-likeness (QED) is 0.775. The summed E-state index contributed by atoms with van der Waals surface area (Å²) in [6.45, 7) is 4.85. The maximum atomic E-state index is 5.66. The average Bonchev–Trinajstić information content (AvgIpc) is 2.57. The fourth-order valence-electron chi connectivity index (χ4n) is 1.86. The molecule has 86 valence electrons. The molecule has 0 amide bonds. The van der Waals surface area contributed by atoms with E-state index in [1.165, 1.54) is 0 Å². The van der Waals surface area contributed by atoms with Crippen LogP contribution in [0.4, 0.5) is 5.69 Å². The highest BCUT2D eigenvalue weighted by molar-refractivity contribution is 5.51. The van der Waals surface area contributed by atoms with Crippen LogP contribution in [-0.4, -0.2) is 24.7 Å². The average molecular weight is 218 g/mol. The maximum Gasteiger partial charge on any atom is 0.206 e. The molecule has 0 saturated heterocycles. The Labute approximate surface area is 96.9 Å². The number of benzene rings is 1. The van der Waals surface area contributed by atoms with Crippen LogP contribution in [0.1, 0.15) is 13.8 Å². The van der Waals surface area contributed by atoms with Gasteiger partial charge in [-0.2, -0.15) is 0 Å². The second kappa shape index (κ2) is 4.58. The van der Waals surface area contributed by atoms with E-state index in [0.717, 1.165) is 11.6 Å². The highest BCUT2D eigenvalue weighted by atomic mass is 16.5. The fraction of sp³-hybridized carbons (Fsp3) is 0.385. The molecule has 0 aromatic heterocycles. The Morgan fingerprint density at radius 2 is 1.94 bits per heavy atom. The minimum atomic E-state index is 0.363. The third-order valence-electron chi connectivity index (χ3n) is 2.79. The number of hydrazine groups is 1. The summed E-state index contributed by atoms with van der Waals surface area (Å²) in [4.78, 5) is 0. The second-order valence-electron chi connectivity index (χ2n) is 3.90. The normalized spacial score (nSPS) is 21.1. The second-order valence-corrected chi connectivity index (χ2v) is 3.90. The molecule has 1 aromatic carbocycles. The van der Waals surface area contributed by atoms with Crippen LogP contribution in [0, 0.1) is 0 Å². The zero-order chi connectivity index (χ0) is 11.5. The van der Waals surface area contributed by atoms with Crippen molar-refractivity contribution in [1.82, 2.24) is 5.01 Å². The topological polar surface area (TPSA) is 15.7 Å². The van der Waals surface area contributed by atoms with Crippen molar-refractivity contribution >= 4 is 5.69 Å². The van der Waals surface area contributed by atoms with Crippen LogP contribution in [0.2, 0.25) is 0 Å². The lowest BCUT2D eigenvalue weighted by molar-refractivity contribution is 0.193. The van der Waals surface area contributed by atoms with E-state index in [1.807, 2.05) is 25.1 Å². The SMILES string of the molecule is CCOC1=CC(C)N(C)N1c1ccccc1. The van der Waals surface area contributed by atoms with E-state index in [0.29, 0.717) is 12.6 Å². The number of hydrogen-bond acceptors (Lipinski definition) is 3. The lowest BCUT2D eigenvalue weighted by Gasteiger charge is -2.30. The Hall–Kier alpha value is -1.48. The predicted molar refractivity (Wildman–Crippen MR) is 65.9 cm³/mol. The van der Waals surface area contributed by atoms with Gasteiger partial charge in [0.1, 0.15) is 0 Å². The van der Waals surface area contributed by atoms with Crippen molar-refractivity contribution in [3.05, 3.63) is 42.3 Å². The zero-order valence-electron chi connectivity index (χ0n) is 10.1. The zero-order valence-corrected chi connectivity index (χ0v) is 10.1. The highest BCUT2D eigenvalue weighted by Gasteiger charge is 2.28. The molecule has 1 heterocycles. The van der Waals surface area contributed by atoms with Gasteiger partial charge in [-0.1, -0.05) is 18.2 Å². The fourth-order valence-corrected chi connectivity index (χ4v) is 1.86. The van der Waals surface area contributed by atoms with E-state index >= 15 is 0 Å². The van der Waals surface area contributed by atoms with Gasteiger partial charge in [-0.3, -0.25) is 0 Å². The maximum absolute atomic E-state index is 5.66. The summed E-state index contributed by atoms with van der Waals surface area (Å²) in [5.74, 6) is 0.920. The number of para-hydroxylation sites is 1. The largest absolute Gasteiger partial charge is 0.478 e. The van der Waals surface area contributed by atoms with Gasteiger partial charge in [0, 0.05) is 7.05 Å². The smallest absolute Gasteiger partial charge is 0.206 e. The first-order valence-corrected chi connectivity index (χ1v) is 5.66. The summed E-state index contributed by atoms with van der Waals surface area (Å²) in [5, 5.41) is 4.27. The van der Waals surface area contributed by atoms with Gasteiger partial charge in [-0.05, 0) is 32.1 Å². The number of hydrogen-bond donors (Lipinski definition) is 0. The molecule has 0 radical (unpaired) electrons.